The van der Waals surface area contributed by atoms with Gasteiger partial charge in [-0.05, 0) is 35.9 Å². The fourth-order valence-electron chi connectivity index (χ4n) is 2.54. The lowest BCUT2D eigenvalue weighted by molar-refractivity contribution is -0.129. The summed E-state index contributed by atoms with van der Waals surface area (Å²) in [5.74, 6) is 1.55. The average Bonchev–Trinajstić information content (AvgIpc) is 3.21. The highest BCUT2D eigenvalue weighted by molar-refractivity contribution is 9.10. The smallest absolute Gasteiger partial charge is 0.363 e. The van der Waals surface area contributed by atoms with Crippen molar-refractivity contribution in [3.8, 4) is 17.2 Å². The molecule has 0 bridgehead atoms. The van der Waals surface area contributed by atoms with Crippen LogP contribution < -0.4 is 14.2 Å². The molecule has 6 nitrogen and oxygen atoms in total. The number of aliphatic imine (C=N–C) groups is 1. The summed E-state index contributed by atoms with van der Waals surface area (Å²) in [6.07, 6.45) is 1.64. The van der Waals surface area contributed by atoms with Crippen molar-refractivity contribution in [2.45, 2.75) is 0 Å². The summed E-state index contributed by atoms with van der Waals surface area (Å²) in [4.78, 5) is 16.5. The molecule has 2 aromatic rings. The number of rotatable bonds is 3. The van der Waals surface area contributed by atoms with E-state index in [-0.39, 0.29) is 18.4 Å². The van der Waals surface area contributed by atoms with Crippen LogP contribution in [0.4, 0.5) is 0 Å². The predicted octanol–water partition coefficient (Wildman–Crippen LogP) is 3.53. The van der Waals surface area contributed by atoms with Gasteiger partial charge in [-0.2, -0.15) is 0 Å². The Hall–Kier alpha value is -2.80. The number of methoxy groups -OCH3 is 1. The van der Waals surface area contributed by atoms with Gasteiger partial charge >= 0.3 is 5.97 Å². The van der Waals surface area contributed by atoms with E-state index in [1.54, 1.807) is 37.5 Å². The molecule has 0 saturated carbocycles. The second kappa shape index (κ2) is 6.25. The van der Waals surface area contributed by atoms with Gasteiger partial charge in [0.2, 0.25) is 12.7 Å². The predicted molar refractivity (Wildman–Crippen MR) is 93.9 cm³/mol. The van der Waals surface area contributed by atoms with E-state index in [0.717, 1.165) is 10.0 Å². The summed E-state index contributed by atoms with van der Waals surface area (Å²) >= 11 is 3.46. The molecule has 0 unspecified atom stereocenters. The maximum Gasteiger partial charge on any atom is 0.363 e. The molecule has 0 atom stereocenters. The number of carbonyl (C=O) groups is 1. The number of nitrogens with zero attached hydrogens (tertiary/aromatic N) is 1. The van der Waals surface area contributed by atoms with Crippen LogP contribution in [0.3, 0.4) is 0 Å². The number of carbonyl (C=O) groups excluding carboxylic acids is 1. The Labute approximate surface area is 151 Å². The zero-order chi connectivity index (χ0) is 17.4. The highest BCUT2D eigenvalue weighted by Crippen LogP contribution is 2.38. The normalized spacial score (nSPS) is 16.8. The Kier molecular flexibility index (Phi) is 3.93. The number of hydrogen-bond donors (Lipinski definition) is 0. The molecule has 0 radical (unpaired) electrons. The lowest BCUT2D eigenvalue weighted by Gasteiger charge is -2.05. The summed E-state index contributed by atoms with van der Waals surface area (Å²) in [6, 6.07) is 10.8. The largest absolute Gasteiger partial charge is 0.496 e. The Bertz CT molecular complexity index is 935. The molecule has 0 spiro atoms. The van der Waals surface area contributed by atoms with E-state index in [2.05, 4.69) is 20.9 Å². The summed E-state index contributed by atoms with van der Waals surface area (Å²) in [5, 5.41) is 0. The molecule has 126 valence electrons. The molecule has 0 fully saturated rings. The molecule has 2 aliphatic heterocycles. The second-order valence-corrected chi connectivity index (χ2v) is 6.12. The Morgan fingerprint density at radius 3 is 2.76 bits per heavy atom. The van der Waals surface area contributed by atoms with Gasteiger partial charge < -0.3 is 18.9 Å². The summed E-state index contributed by atoms with van der Waals surface area (Å²) < 4.78 is 22.0. The van der Waals surface area contributed by atoms with Crippen molar-refractivity contribution in [1.82, 2.24) is 0 Å². The number of cyclic esters (lactones) is 1. The number of esters is 1. The third-order valence-electron chi connectivity index (χ3n) is 3.74. The highest BCUT2D eigenvalue weighted by Gasteiger charge is 2.26. The summed E-state index contributed by atoms with van der Waals surface area (Å²) in [6.45, 7) is 0.180. The van der Waals surface area contributed by atoms with Crippen molar-refractivity contribution >= 4 is 33.9 Å². The third-order valence-corrected chi connectivity index (χ3v) is 4.43. The molecule has 2 aromatic carbocycles. The molecule has 2 aliphatic rings. The molecule has 4 rings (SSSR count). The van der Waals surface area contributed by atoms with E-state index in [4.69, 9.17) is 18.9 Å². The first-order valence-electron chi connectivity index (χ1n) is 7.41. The maximum atomic E-state index is 12.2. The van der Waals surface area contributed by atoms with Crippen LogP contribution in [0.5, 0.6) is 17.2 Å². The fraction of sp³-hybridized carbons (Fsp3) is 0.111. The maximum absolute atomic E-state index is 12.2. The van der Waals surface area contributed by atoms with Gasteiger partial charge in [-0.3, -0.25) is 0 Å². The Balaban J connectivity index is 1.72. The molecule has 0 aromatic heterocycles. The first-order valence-corrected chi connectivity index (χ1v) is 8.20. The van der Waals surface area contributed by atoms with Crippen molar-refractivity contribution in [3.63, 3.8) is 0 Å². The minimum Gasteiger partial charge on any atom is -0.496 e. The van der Waals surface area contributed by atoms with E-state index in [0.29, 0.717) is 22.8 Å². The lowest BCUT2D eigenvalue weighted by Crippen LogP contribution is -2.06. The fourth-order valence-corrected chi connectivity index (χ4v) is 2.97. The SMILES string of the molecule is COc1ccccc1C1=N/C(=C\c2cc3c(cc2Br)OCO3)C(=O)O1. The van der Waals surface area contributed by atoms with Gasteiger partial charge in [0, 0.05) is 4.47 Å². The van der Waals surface area contributed by atoms with Crippen molar-refractivity contribution < 1.29 is 23.7 Å². The van der Waals surface area contributed by atoms with Crippen molar-refractivity contribution in [2.24, 2.45) is 4.99 Å². The van der Waals surface area contributed by atoms with Crippen LogP contribution in [0.1, 0.15) is 11.1 Å². The summed E-state index contributed by atoms with van der Waals surface area (Å²) in [5.41, 5.74) is 1.55. The zero-order valence-corrected chi connectivity index (χ0v) is 14.7. The number of fused-ring (bicyclic) bond motifs is 1. The zero-order valence-electron chi connectivity index (χ0n) is 13.1. The molecular weight excluding hydrogens is 390 g/mol. The first kappa shape index (κ1) is 15.7. The highest BCUT2D eigenvalue weighted by atomic mass is 79.9. The van der Waals surface area contributed by atoms with Gasteiger partial charge in [-0.15, -0.1) is 0 Å². The van der Waals surface area contributed by atoms with Crippen LogP contribution in [-0.2, 0) is 9.53 Å². The molecule has 0 saturated heterocycles. The van der Waals surface area contributed by atoms with E-state index < -0.39 is 5.97 Å². The van der Waals surface area contributed by atoms with Crippen molar-refractivity contribution in [1.29, 1.82) is 0 Å². The van der Waals surface area contributed by atoms with E-state index in [9.17, 15) is 4.79 Å². The number of halogens is 1. The van der Waals surface area contributed by atoms with E-state index in [1.807, 2.05) is 12.1 Å². The topological polar surface area (TPSA) is 66.3 Å². The van der Waals surface area contributed by atoms with E-state index in [1.165, 1.54) is 0 Å². The van der Waals surface area contributed by atoms with Crippen LogP contribution >= 0.6 is 15.9 Å². The third kappa shape index (κ3) is 2.87. The molecule has 2 heterocycles. The minimum atomic E-state index is -0.523. The Morgan fingerprint density at radius 2 is 1.96 bits per heavy atom. The number of ether oxygens (including phenoxy) is 4. The monoisotopic (exact) mass is 401 g/mol. The standard InChI is InChI=1S/C18H12BrNO5/c1-22-14-5-3-2-4-11(14)17-20-13(18(21)25-17)6-10-7-15-16(8-12(10)19)24-9-23-15/h2-8H,9H2,1H3/b13-6-. The van der Waals surface area contributed by atoms with Crippen LogP contribution in [0.2, 0.25) is 0 Å². The number of benzene rings is 2. The van der Waals surface area contributed by atoms with Crippen LogP contribution in [0.15, 0.2) is 51.6 Å². The number of hydrogen-bond acceptors (Lipinski definition) is 6. The van der Waals surface area contributed by atoms with Gasteiger partial charge in [0.15, 0.2) is 17.2 Å². The Morgan fingerprint density at radius 1 is 1.20 bits per heavy atom. The lowest BCUT2D eigenvalue weighted by atomic mass is 10.1. The second-order valence-electron chi connectivity index (χ2n) is 5.26. The summed E-state index contributed by atoms with van der Waals surface area (Å²) in [7, 11) is 1.55. The van der Waals surface area contributed by atoms with Crippen LogP contribution in [0, 0.1) is 0 Å². The van der Waals surface area contributed by atoms with Gasteiger partial charge in [0.25, 0.3) is 0 Å². The van der Waals surface area contributed by atoms with Gasteiger partial charge in [0.1, 0.15) is 5.75 Å². The minimum absolute atomic E-state index is 0.180. The van der Waals surface area contributed by atoms with Gasteiger partial charge in [-0.1, -0.05) is 28.1 Å². The van der Waals surface area contributed by atoms with Gasteiger partial charge in [-0.25, -0.2) is 9.79 Å². The van der Waals surface area contributed by atoms with Crippen LogP contribution in [0.25, 0.3) is 6.08 Å². The number of para-hydroxylation sites is 1. The van der Waals surface area contributed by atoms with Crippen LogP contribution in [-0.4, -0.2) is 25.8 Å². The van der Waals surface area contributed by atoms with Gasteiger partial charge in [0.05, 0.1) is 12.7 Å². The molecule has 0 N–H and O–H groups in total. The first-order chi connectivity index (χ1) is 12.2. The molecule has 25 heavy (non-hydrogen) atoms. The molecule has 0 amide bonds. The molecule has 7 heteroatoms. The van der Waals surface area contributed by atoms with E-state index >= 15 is 0 Å². The molecule has 0 aliphatic carbocycles. The average molecular weight is 402 g/mol. The molecular formula is C18H12BrNO5. The van der Waals surface area contributed by atoms with Crippen molar-refractivity contribution in [3.05, 3.63) is 57.7 Å². The quantitative estimate of drug-likeness (QED) is 0.581. The van der Waals surface area contributed by atoms with Crippen molar-refractivity contribution in [2.75, 3.05) is 13.9 Å².